The summed E-state index contributed by atoms with van der Waals surface area (Å²) < 4.78 is 0. The maximum absolute atomic E-state index is 11.0. The molecule has 3 rings (SSSR count). The highest BCUT2D eigenvalue weighted by Gasteiger charge is 2.44. The van der Waals surface area contributed by atoms with Crippen molar-refractivity contribution in [2.24, 2.45) is 5.73 Å². The normalized spacial score (nSPS) is 22.1. The van der Waals surface area contributed by atoms with Crippen LogP contribution in [0.3, 0.4) is 0 Å². The largest absolute Gasteiger partial charge is 0.387 e. The van der Waals surface area contributed by atoms with Crippen molar-refractivity contribution in [3.63, 3.8) is 0 Å². The summed E-state index contributed by atoms with van der Waals surface area (Å²) in [6.07, 6.45) is 1.08. The Bertz CT molecular complexity index is 674. The van der Waals surface area contributed by atoms with Gasteiger partial charge >= 0.3 is 0 Å². The predicted molar refractivity (Wildman–Crippen MR) is 86.9 cm³/mol. The first kappa shape index (κ1) is 14.9. The summed E-state index contributed by atoms with van der Waals surface area (Å²) in [5, 5.41) is 11.9. The molecule has 0 radical (unpaired) electrons. The van der Waals surface area contributed by atoms with Gasteiger partial charge in [-0.3, -0.25) is 0 Å². The molecule has 2 nitrogen and oxygen atoms in total. The Morgan fingerprint density at radius 1 is 1.14 bits per heavy atom. The van der Waals surface area contributed by atoms with Gasteiger partial charge in [0.15, 0.2) is 0 Å². The van der Waals surface area contributed by atoms with E-state index < -0.39 is 11.5 Å². The van der Waals surface area contributed by atoms with Crippen molar-refractivity contribution in [2.75, 3.05) is 6.54 Å². The van der Waals surface area contributed by atoms with Gasteiger partial charge in [0.05, 0.1) is 16.1 Å². The van der Waals surface area contributed by atoms with Gasteiger partial charge in [0.1, 0.15) is 0 Å². The van der Waals surface area contributed by atoms with Gasteiger partial charge in [-0.05, 0) is 41.7 Å². The Hall–Kier alpha value is -1.06. The number of aliphatic hydroxyl groups excluding tert-OH is 1. The second-order valence-electron chi connectivity index (χ2n) is 5.59. The summed E-state index contributed by atoms with van der Waals surface area (Å²) in [6, 6.07) is 13.5. The van der Waals surface area contributed by atoms with Crippen molar-refractivity contribution in [1.29, 1.82) is 0 Å². The summed E-state index contributed by atoms with van der Waals surface area (Å²) in [5.41, 5.74) is 8.79. The SMILES string of the molecule is NCC1(C(O)c2ccc(Cl)c(Cl)c2)CCc2ccccc21. The predicted octanol–water partition coefficient (Wildman–Crippen LogP) is 3.87. The van der Waals surface area contributed by atoms with Gasteiger partial charge in [0.25, 0.3) is 0 Å². The van der Waals surface area contributed by atoms with Crippen LogP contribution in [0.15, 0.2) is 42.5 Å². The number of hydrogen-bond acceptors (Lipinski definition) is 2. The van der Waals surface area contributed by atoms with E-state index in [1.165, 1.54) is 5.56 Å². The van der Waals surface area contributed by atoms with Crippen molar-refractivity contribution < 1.29 is 5.11 Å². The summed E-state index contributed by atoms with van der Waals surface area (Å²) in [4.78, 5) is 0. The van der Waals surface area contributed by atoms with Crippen LogP contribution in [0.25, 0.3) is 0 Å². The lowest BCUT2D eigenvalue weighted by atomic mass is 9.74. The van der Waals surface area contributed by atoms with Crippen molar-refractivity contribution in [3.8, 4) is 0 Å². The molecule has 2 aromatic rings. The summed E-state index contributed by atoms with van der Waals surface area (Å²) >= 11 is 12.0. The van der Waals surface area contributed by atoms with E-state index in [2.05, 4.69) is 12.1 Å². The van der Waals surface area contributed by atoms with Gasteiger partial charge in [-0.1, -0.05) is 53.5 Å². The standard InChI is InChI=1S/C17H17Cl2NO/c18-14-6-5-12(9-15(14)19)16(21)17(10-20)8-7-11-3-1-2-4-13(11)17/h1-6,9,16,21H,7-8,10,20H2. The quantitative estimate of drug-likeness (QED) is 0.901. The van der Waals surface area contributed by atoms with E-state index in [4.69, 9.17) is 28.9 Å². The fourth-order valence-corrected chi connectivity index (χ4v) is 3.63. The average molecular weight is 322 g/mol. The first-order chi connectivity index (χ1) is 10.1. The molecule has 2 unspecified atom stereocenters. The van der Waals surface area contributed by atoms with Crippen LogP contribution >= 0.6 is 23.2 Å². The van der Waals surface area contributed by atoms with Crippen molar-refractivity contribution in [2.45, 2.75) is 24.4 Å². The minimum atomic E-state index is -0.694. The maximum Gasteiger partial charge on any atom is 0.0899 e. The fraction of sp³-hybridized carbons (Fsp3) is 0.294. The maximum atomic E-state index is 11.0. The molecule has 2 atom stereocenters. The number of hydrogen-bond donors (Lipinski definition) is 2. The molecule has 0 spiro atoms. The van der Waals surface area contributed by atoms with Crippen LogP contribution in [0, 0.1) is 0 Å². The van der Waals surface area contributed by atoms with Crippen LogP contribution in [-0.4, -0.2) is 11.7 Å². The number of benzene rings is 2. The van der Waals surface area contributed by atoms with E-state index in [9.17, 15) is 5.11 Å². The van der Waals surface area contributed by atoms with Gasteiger partial charge in [-0.2, -0.15) is 0 Å². The number of halogens is 2. The molecule has 4 heteroatoms. The van der Waals surface area contributed by atoms with Crippen LogP contribution < -0.4 is 5.73 Å². The summed E-state index contributed by atoms with van der Waals surface area (Å²) in [5.74, 6) is 0. The second kappa shape index (κ2) is 5.62. The third-order valence-corrected chi connectivity index (χ3v) is 5.28. The molecular formula is C17H17Cl2NO. The number of rotatable bonds is 3. The molecule has 1 aliphatic carbocycles. The molecule has 0 saturated carbocycles. The van der Waals surface area contributed by atoms with E-state index in [1.54, 1.807) is 12.1 Å². The first-order valence-corrected chi connectivity index (χ1v) is 7.75. The molecule has 0 heterocycles. The molecule has 2 aromatic carbocycles. The van der Waals surface area contributed by atoms with Crippen LogP contribution in [0.1, 0.15) is 29.2 Å². The second-order valence-corrected chi connectivity index (χ2v) is 6.41. The Labute approximate surface area is 134 Å². The smallest absolute Gasteiger partial charge is 0.0899 e. The lowest BCUT2D eigenvalue weighted by Gasteiger charge is -2.34. The molecule has 0 saturated heterocycles. The molecule has 0 aromatic heterocycles. The highest BCUT2D eigenvalue weighted by atomic mass is 35.5. The molecule has 3 N–H and O–H groups in total. The van der Waals surface area contributed by atoms with E-state index >= 15 is 0 Å². The van der Waals surface area contributed by atoms with E-state index in [0.29, 0.717) is 16.6 Å². The summed E-state index contributed by atoms with van der Waals surface area (Å²) in [6.45, 7) is 0.394. The van der Waals surface area contributed by atoms with Gasteiger partial charge in [-0.25, -0.2) is 0 Å². The molecular weight excluding hydrogens is 305 g/mol. The van der Waals surface area contributed by atoms with Gasteiger partial charge in [0.2, 0.25) is 0 Å². The lowest BCUT2D eigenvalue weighted by Crippen LogP contribution is -2.39. The highest BCUT2D eigenvalue weighted by molar-refractivity contribution is 6.42. The van der Waals surface area contributed by atoms with Crippen molar-refractivity contribution in [1.82, 2.24) is 0 Å². The fourth-order valence-electron chi connectivity index (χ4n) is 3.33. The Balaban J connectivity index is 2.06. The van der Waals surface area contributed by atoms with Crippen molar-refractivity contribution in [3.05, 3.63) is 69.2 Å². The first-order valence-electron chi connectivity index (χ1n) is 7.00. The summed E-state index contributed by atoms with van der Waals surface area (Å²) in [7, 11) is 0. The molecule has 1 aliphatic rings. The lowest BCUT2D eigenvalue weighted by molar-refractivity contribution is 0.0841. The van der Waals surface area contributed by atoms with E-state index in [1.807, 2.05) is 18.2 Å². The van der Waals surface area contributed by atoms with Crippen LogP contribution in [0.2, 0.25) is 10.0 Å². The minimum Gasteiger partial charge on any atom is -0.387 e. The number of aryl methyl sites for hydroxylation is 1. The Morgan fingerprint density at radius 2 is 1.90 bits per heavy atom. The molecule has 0 amide bonds. The van der Waals surface area contributed by atoms with E-state index in [-0.39, 0.29) is 0 Å². The van der Waals surface area contributed by atoms with Crippen LogP contribution in [0.5, 0.6) is 0 Å². The van der Waals surface area contributed by atoms with Gasteiger partial charge in [0, 0.05) is 12.0 Å². The number of aliphatic hydroxyl groups is 1. The zero-order valence-corrected chi connectivity index (χ0v) is 13.0. The zero-order valence-electron chi connectivity index (χ0n) is 11.5. The minimum absolute atomic E-state index is 0.394. The zero-order chi connectivity index (χ0) is 15.0. The highest BCUT2D eigenvalue weighted by Crippen LogP contribution is 2.47. The van der Waals surface area contributed by atoms with Crippen LogP contribution in [-0.2, 0) is 11.8 Å². The van der Waals surface area contributed by atoms with Crippen LogP contribution in [0.4, 0.5) is 0 Å². The molecule has 0 aliphatic heterocycles. The number of fused-ring (bicyclic) bond motifs is 1. The van der Waals surface area contributed by atoms with E-state index in [0.717, 1.165) is 24.0 Å². The third-order valence-electron chi connectivity index (χ3n) is 4.54. The average Bonchev–Trinajstić information content (AvgIpc) is 2.89. The van der Waals surface area contributed by atoms with Gasteiger partial charge < -0.3 is 10.8 Å². The topological polar surface area (TPSA) is 46.2 Å². The number of nitrogens with two attached hydrogens (primary N) is 1. The Kier molecular flexibility index (Phi) is 3.98. The molecule has 21 heavy (non-hydrogen) atoms. The Morgan fingerprint density at radius 3 is 2.62 bits per heavy atom. The molecule has 0 fully saturated rings. The van der Waals surface area contributed by atoms with Gasteiger partial charge in [-0.15, -0.1) is 0 Å². The molecule has 0 bridgehead atoms. The third kappa shape index (κ3) is 2.36. The monoisotopic (exact) mass is 321 g/mol. The molecule has 110 valence electrons. The van der Waals surface area contributed by atoms with Crippen molar-refractivity contribution >= 4 is 23.2 Å².